The van der Waals surface area contributed by atoms with E-state index in [1.165, 1.54) is 18.2 Å². The predicted molar refractivity (Wildman–Crippen MR) is 62.5 cm³/mol. The van der Waals surface area contributed by atoms with Gasteiger partial charge in [-0.15, -0.1) is 0 Å². The number of halogens is 3. The molecule has 0 atom stereocenters. The van der Waals surface area contributed by atoms with Gasteiger partial charge in [-0.1, -0.05) is 12.1 Å². The Hall–Kier alpha value is -2.11. The SMILES string of the molecule is Cc1cc(C(=N)N)c2cccc(C(F)(F)F)c2n1. The highest BCUT2D eigenvalue weighted by Crippen LogP contribution is 2.34. The van der Waals surface area contributed by atoms with Crippen molar-refractivity contribution < 1.29 is 13.2 Å². The molecule has 94 valence electrons. The summed E-state index contributed by atoms with van der Waals surface area (Å²) in [5.41, 5.74) is 5.06. The zero-order chi connectivity index (χ0) is 13.5. The van der Waals surface area contributed by atoms with Crippen LogP contribution in [0, 0.1) is 12.3 Å². The number of aromatic nitrogens is 1. The number of aryl methyl sites for hydroxylation is 1. The average Bonchev–Trinajstić information content (AvgIpc) is 2.25. The summed E-state index contributed by atoms with van der Waals surface area (Å²) in [7, 11) is 0. The van der Waals surface area contributed by atoms with Crippen molar-refractivity contribution in [2.75, 3.05) is 0 Å². The number of amidine groups is 1. The molecule has 1 heterocycles. The molecule has 0 spiro atoms. The first-order valence-corrected chi connectivity index (χ1v) is 5.12. The largest absolute Gasteiger partial charge is 0.418 e. The molecule has 6 heteroatoms. The van der Waals surface area contributed by atoms with Crippen molar-refractivity contribution in [3.63, 3.8) is 0 Å². The second-order valence-corrected chi connectivity index (χ2v) is 3.92. The van der Waals surface area contributed by atoms with E-state index in [1.54, 1.807) is 6.92 Å². The molecule has 0 saturated carbocycles. The molecule has 0 aliphatic carbocycles. The Kier molecular flexibility index (Phi) is 2.73. The molecule has 0 bridgehead atoms. The Bertz CT molecular complexity index is 632. The van der Waals surface area contributed by atoms with Crippen LogP contribution >= 0.6 is 0 Å². The average molecular weight is 253 g/mol. The maximum atomic E-state index is 12.9. The van der Waals surface area contributed by atoms with Gasteiger partial charge in [-0.25, -0.2) is 0 Å². The number of nitrogens with one attached hydrogen (secondary N) is 1. The van der Waals surface area contributed by atoms with Gasteiger partial charge in [0.1, 0.15) is 5.84 Å². The molecule has 3 N–H and O–H groups in total. The molecule has 0 unspecified atom stereocenters. The number of para-hydroxylation sites is 1. The molecule has 0 fully saturated rings. The fourth-order valence-corrected chi connectivity index (χ4v) is 1.83. The third kappa shape index (κ3) is 2.01. The summed E-state index contributed by atoms with van der Waals surface area (Å²) < 4.78 is 38.6. The summed E-state index contributed by atoms with van der Waals surface area (Å²) in [6.07, 6.45) is -4.48. The van der Waals surface area contributed by atoms with Gasteiger partial charge in [0.25, 0.3) is 0 Å². The fourth-order valence-electron chi connectivity index (χ4n) is 1.83. The number of hydrogen-bond donors (Lipinski definition) is 2. The molecular weight excluding hydrogens is 243 g/mol. The molecule has 0 amide bonds. The Labute approximate surface area is 101 Å². The topological polar surface area (TPSA) is 62.8 Å². The van der Waals surface area contributed by atoms with E-state index in [2.05, 4.69) is 4.98 Å². The lowest BCUT2D eigenvalue weighted by Crippen LogP contribution is -2.14. The normalized spacial score (nSPS) is 11.8. The zero-order valence-electron chi connectivity index (χ0n) is 9.47. The Morgan fingerprint density at radius 1 is 1.33 bits per heavy atom. The van der Waals surface area contributed by atoms with Crippen LogP contribution in [-0.2, 0) is 6.18 Å². The minimum atomic E-state index is -4.48. The van der Waals surface area contributed by atoms with E-state index in [1.807, 2.05) is 0 Å². The van der Waals surface area contributed by atoms with Gasteiger partial charge < -0.3 is 5.73 Å². The van der Waals surface area contributed by atoms with Crippen molar-refractivity contribution in [3.8, 4) is 0 Å². The smallest absolute Gasteiger partial charge is 0.384 e. The van der Waals surface area contributed by atoms with Crippen LogP contribution in [0.15, 0.2) is 24.3 Å². The predicted octanol–water partition coefficient (Wildman–Crippen LogP) is 2.85. The lowest BCUT2D eigenvalue weighted by Gasteiger charge is -2.12. The lowest BCUT2D eigenvalue weighted by molar-refractivity contribution is -0.136. The minimum Gasteiger partial charge on any atom is -0.384 e. The molecule has 18 heavy (non-hydrogen) atoms. The molecule has 0 radical (unpaired) electrons. The minimum absolute atomic E-state index is 0.171. The van der Waals surface area contributed by atoms with Crippen molar-refractivity contribution in [1.82, 2.24) is 4.98 Å². The number of benzene rings is 1. The Balaban J connectivity index is 2.90. The number of nitrogens with zero attached hydrogens (tertiary/aromatic N) is 1. The van der Waals surface area contributed by atoms with Crippen molar-refractivity contribution in [2.24, 2.45) is 5.73 Å². The van der Waals surface area contributed by atoms with Crippen molar-refractivity contribution in [2.45, 2.75) is 13.1 Å². The molecule has 0 aliphatic rings. The highest BCUT2D eigenvalue weighted by Gasteiger charge is 2.33. The summed E-state index contributed by atoms with van der Waals surface area (Å²) >= 11 is 0. The second-order valence-electron chi connectivity index (χ2n) is 3.92. The lowest BCUT2D eigenvalue weighted by atomic mass is 10.0. The first-order valence-electron chi connectivity index (χ1n) is 5.12. The number of fused-ring (bicyclic) bond motifs is 1. The van der Waals surface area contributed by atoms with Crippen LogP contribution in [0.5, 0.6) is 0 Å². The number of nitrogen functional groups attached to an aromatic ring is 1. The van der Waals surface area contributed by atoms with Gasteiger partial charge in [0.2, 0.25) is 0 Å². The molecule has 3 nitrogen and oxygen atoms in total. The molecule has 2 aromatic rings. The molecule has 0 saturated heterocycles. The Morgan fingerprint density at radius 2 is 2.00 bits per heavy atom. The van der Waals surface area contributed by atoms with Crippen LogP contribution in [0.3, 0.4) is 0 Å². The number of hydrogen-bond acceptors (Lipinski definition) is 2. The van der Waals surface area contributed by atoms with Crippen LogP contribution in [0.2, 0.25) is 0 Å². The number of rotatable bonds is 1. The van der Waals surface area contributed by atoms with Gasteiger partial charge >= 0.3 is 6.18 Å². The zero-order valence-corrected chi connectivity index (χ0v) is 9.47. The van der Waals surface area contributed by atoms with Crippen LogP contribution in [0.4, 0.5) is 13.2 Å². The quantitative estimate of drug-likeness (QED) is 0.606. The molecule has 2 rings (SSSR count). The Morgan fingerprint density at radius 3 is 2.56 bits per heavy atom. The maximum Gasteiger partial charge on any atom is 0.418 e. The van der Waals surface area contributed by atoms with Crippen molar-refractivity contribution >= 4 is 16.7 Å². The molecular formula is C12H10F3N3. The van der Waals surface area contributed by atoms with Gasteiger partial charge in [0.15, 0.2) is 0 Å². The number of alkyl halides is 3. The summed E-state index contributed by atoms with van der Waals surface area (Å²) in [6, 6.07) is 5.24. The monoisotopic (exact) mass is 253 g/mol. The summed E-state index contributed by atoms with van der Waals surface area (Å²) in [5.74, 6) is -0.273. The van der Waals surface area contributed by atoms with Gasteiger partial charge in [0, 0.05) is 16.6 Å². The summed E-state index contributed by atoms with van der Waals surface area (Å²) in [4.78, 5) is 3.91. The van der Waals surface area contributed by atoms with Crippen molar-refractivity contribution in [1.29, 1.82) is 5.41 Å². The van der Waals surface area contributed by atoms with E-state index in [9.17, 15) is 13.2 Å². The van der Waals surface area contributed by atoms with Crippen LogP contribution < -0.4 is 5.73 Å². The van der Waals surface area contributed by atoms with Gasteiger partial charge in [0.05, 0.1) is 11.1 Å². The van der Waals surface area contributed by atoms with E-state index < -0.39 is 11.7 Å². The van der Waals surface area contributed by atoms with Crippen LogP contribution in [-0.4, -0.2) is 10.8 Å². The molecule has 1 aromatic heterocycles. The number of pyridine rings is 1. The first-order chi connectivity index (χ1) is 8.30. The fraction of sp³-hybridized carbons (Fsp3) is 0.167. The van der Waals surface area contributed by atoms with Gasteiger partial charge in [-0.05, 0) is 19.1 Å². The van der Waals surface area contributed by atoms with Gasteiger partial charge in [-0.3, -0.25) is 10.4 Å². The molecule has 1 aromatic carbocycles. The van der Waals surface area contributed by atoms with Crippen LogP contribution in [0.1, 0.15) is 16.8 Å². The first kappa shape index (κ1) is 12.3. The summed E-state index contributed by atoms with van der Waals surface area (Å²) in [6.45, 7) is 1.57. The number of nitrogens with two attached hydrogens (primary N) is 1. The second kappa shape index (κ2) is 3.97. The standard InChI is InChI=1S/C12H10F3N3/c1-6-5-8(11(16)17)7-3-2-4-9(10(7)18-6)12(13,14)15/h2-5H,1H3,(H3,16,17). The van der Waals surface area contributed by atoms with E-state index in [0.717, 1.165) is 6.07 Å². The summed E-state index contributed by atoms with van der Waals surface area (Å²) in [5, 5.41) is 7.65. The molecule has 0 aliphatic heterocycles. The highest BCUT2D eigenvalue weighted by atomic mass is 19.4. The third-order valence-corrected chi connectivity index (χ3v) is 2.56. The van der Waals surface area contributed by atoms with Crippen LogP contribution in [0.25, 0.3) is 10.9 Å². The third-order valence-electron chi connectivity index (χ3n) is 2.56. The van der Waals surface area contributed by atoms with E-state index in [-0.39, 0.29) is 22.3 Å². The maximum absolute atomic E-state index is 12.9. The van der Waals surface area contributed by atoms with E-state index in [4.69, 9.17) is 11.1 Å². The van der Waals surface area contributed by atoms with Crippen molar-refractivity contribution in [3.05, 3.63) is 41.1 Å². The highest BCUT2D eigenvalue weighted by molar-refractivity contribution is 6.07. The van der Waals surface area contributed by atoms with E-state index >= 15 is 0 Å². The van der Waals surface area contributed by atoms with E-state index in [0.29, 0.717) is 5.69 Å². The van der Waals surface area contributed by atoms with Gasteiger partial charge in [-0.2, -0.15) is 13.2 Å².